The zero-order valence-corrected chi connectivity index (χ0v) is 14.2. The minimum atomic E-state index is -0.195. The van der Waals surface area contributed by atoms with Crippen LogP contribution in [0.3, 0.4) is 0 Å². The first kappa shape index (κ1) is 15.7. The number of fused-ring (bicyclic) bond motifs is 1. The number of carbonyl (C=O) groups excluding carboxylic acids is 1. The molecule has 0 atom stereocenters. The van der Waals surface area contributed by atoms with Crippen molar-refractivity contribution in [2.24, 2.45) is 5.84 Å². The summed E-state index contributed by atoms with van der Waals surface area (Å²) in [6.07, 6.45) is 0. The van der Waals surface area contributed by atoms with Gasteiger partial charge in [-0.2, -0.15) is 0 Å². The Labute approximate surface area is 142 Å². The number of hydrogen-bond donors (Lipinski definition) is 3. The summed E-state index contributed by atoms with van der Waals surface area (Å²) in [6, 6.07) is 8.80. The van der Waals surface area contributed by atoms with Crippen LogP contribution in [-0.4, -0.2) is 10.9 Å². The molecule has 2 aromatic carbocycles. The van der Waals surface area contributed by atoms with Crippen molar-refractivity contribution < 1.29 is 4.79 Å². The first-order valence-electron chi connectivity index (χ1n) is 6.94. The number of rotatable bonds is 3. The molecule has 5 nitrogen and oxygen atoms in total. The number of halogens is 1. The van der Waals surface area contributed by atoms with Crippen LogP contribution < -0.4 is 16.6 Å². The monoisotopic (exact) mass is 346 g/mol. The Kier molecular flexibility index (Phi) is 4.21. The fraction of sp³-hybridized carbons (Fsp3) is 0.125. The molecule has 1 heterocycles. The van der Waals surface area contributed by atoms with Gasteiger partial charge in [0.2, 0.25) is 0 Å². The Morgan fingerprint density at radius 2 is 2.09 bits per heavy atom. The third-order valence-corrected chi connectivity index (χ3v) is 4.92. The standard InChI is InChI=1S/C16H15ClN4OS/c1-8-6-12-14(23-16(19-12)21-18)9(2)13(8)20-15(22)10-4-3-5-11(17)7-10/h3-7H,18H2,1-2H3,(H,19,21)(H,20,22). The Hall–Kier alpha value is -2.15. The lowest BCUT2D eigenvalue weighted by Crippen LogP contribution is -2.13. The number of nitrogens with two attached hydrogens (primary N) is 1. The zero-order chi connectivity index (χ0) is 16.6. The van der Waals surface area contributed by atoms with Gasteiger partial charge >= 0.3 is 0 Å². The lowest BCUT2D eigenvalue weighted by atomic mass is 10.1. The maximum atomic E-state index is 12.5. The maximum Gasteiger partial charge on any atom is 0.255 e. The van der Waals surface area contributed by atoms with Crippen molar-refractivity contribution in [1.82, 2.24) is 4.98 Å². The fourth-order valence-corrected chi connectivity index (χ4v) is 3.51. The van der Waals surface area contributed by atoms with Crippen LogP contribution in [-0.2, 0) is 0 Å². The lowest BCUT2D eigenvalue weighted by Gasteiger charge is -2.12. The SMILES string of the molecule is Cc1cc2nc(NN)sc2c(C)c1NC(=O)c1cccc(Cl)c1. The first-order chi connectivity index (χ1) is 11.0. The van der Waals surface area contributed by atoms with Crippen LogP contribution in [0.5, 0.6) is 0 Å². The molecule has 3 rings (SSSR count). The second-order valence-corrected chi connectivity index (χ2v) is 6.61. The smallest absolute Gasteiger partial charge is 0.255 e. The molecule has 0 aliphatic carbocycles. The van der Waals surface area contributed by atoms with Gasteiger partial charge < -0.3 is 5.32 Å². The molecular weight excluding hydrogens is 332 g/mol. The summed E-state index contributed by atoms with van der Waals surface area (Å²) in [6.45, 7) is 3.90. The van der Waals surface area contributed by atoms with Crippen LogP contribution in [0.4, 0.5) is 10.8 Å². The Morgan fingerprint density at radius 1 is 1.30 bits per heavy atom. The molecule has 118 valence electrons. The van der Waals surface area contributed by atoms with Crippen molar-refractivity contribution in [2.45, 2.75) is 13.8 Å². The summed E-state index contributed by atoms with van der Waals surface area (Å²) >= 11 is 7.40. The zero-order valence-electron chi connectivity index (χ0n) is 12.6. The van der Waals surface area contributed by atoms with Crippen molar-refractivity contribution in [2.75, 3.05) is 10.7 Å². The molecule has 0 saturated heterocycles. The number of thiazole rings is 1. The van der Waals surface area contributed by atoms with E-state index in [4.69, 9.17) is 17.4 Å². The minimum Gasteiger partial charge on any atom is -0.321 e. The molecule has 0 radical (unpaired) electrons. The number of nitrogens with one attached hydrogen (secondary N) is 2. The van der Waals surface area contributed by atoms with Gasteiger partial charge in [-0.3, -0.25) is 10.2 Å². The molecule has 7 heteroatoms. The van der Waals surface area contributed by atoms with Gasteiger partial charge in [-0.1, -0.05) is 29.0 Å². The molecule has 0 saturated carbocycles. The van der Waals surface area contributed by atoms with Gasteiger partial charge in [0.05, 0.1) is 10.2 Å². The van der Waals surface area contributed by atoms with E-state index in [2.05, 4.69) is 15.7 Å². The Morgan fingerprint density at radius 3 is 2.78 bits per heavy atom. The number of nitrogen functional groups attached to an aromatic ring is 1. The van der Waals surface area contributed by atoms with E-state index in [1.165, 1.54) is 11.3 Å². The second-order valence-electron chi connectivity index (χ2n) is 5.17. The highest BCUT2D eigenvalue weighted by atomic mass is 35.5. The third kappa shape index (κ3) is 3.01. The van der Waals surface area contributed by atoms with Crippen LogP contribution in [0, 0.1) is 13.8 Å². The van der Waals surface area contributed by atoms with Crippen molar-refractivity contribution >= 4 is 49.9 Å². The van der Waals surface area contributed by atoms with Crippen molar-refractivity contribution in [3.8, 4) is 0 Å². The molecule has 4 N–H and O–H groups in total. The molecule has 3 aromatic rings. The van der Waals surface area contributed by atoms with E-state index in [0.29, 0.717) is 15.7 Å². The number of aryl methyl sites for hydroxylation is 2. The van der Waals surface area contributed by atoms with Crippen molar-refractivity contribution in [3.05, 3.63) is 52.0 Å². The average Bonchev–Trinajstić information content (AvgIpc) is 2.94. The van der Waals surface area contributed by atoms with Gasteiger partial charge in [0.25, 0.3) is 5.91 Å². The highest BCUT2D eigenvalue weighted by Gasteiger charge is 2.15. The number of anilines is 2. The average molecular weight is 347 g/mol. The minimum absolute atomic E-state index is 0.195. The van der Waals surface area contributed by atoms with Gasteiger partial charge in [-0.05, 0) is 49.2 Å². The summed E-state index contributed by atoms with van der Waals surface area (Å²) in [5, 5.41) is 4.14. The van der Waals surface area contributed by atoms with Gasteiger partial charge in [0.1, 0.15) is 0 Å². The topological polar surface area (TPSA) is 80.0 Å². The van der Waals surface area contributed by atoms with Crippen LogP contribution in [0.15, 0.2) is 30.3 Å². The number of carbonyl (C=O) groups is 1. The van der Waals surface area contributed by atoms with E-state index in [-0.39, 0.29) is 5.91 Å². The molecule has 1 aromatic heterocycles. The number of aromatic nitrogens is 1. The van der Waals surface area contributed by atoms with Gasteiger partial charge in [0.15, 0.2) is 5.13 Å². The Balaban J connectivity index is 2.01. The predicted molar refractivity (Wildman–Crippen MR) is 96.3 cm³/mol. The molecule has 0 spiro atoms. The molecular formula is C16H15ClN4OS. The van der Waals surface area contributed by atoms with Crippen LogP contribution in [0.1, 0.15) is 21.5 Å². The number of nitrogens with zero attached hydrogens (tertiary/aromatic N) is 1. The molecule has 23 heavy (non-hydrogen) atoms. The summed E-state index contributed by atoms with van der Waals surface area (Å²) in [5.74, 6) is 5.23. The summed E-state index contributed by atoms with van der Waals surface area (Å²) in [4.78, 5) is 16.8. The van der Waals surface area contributed by atoms with E-state index in [1.807, 2.05) is 19.9 Å². The summed E-state index contributed by atoms with van der Waals surface area (Å²) in [7, 11) is 0. The number of hydrazine groups is 1. The van der Waals surface area contributed by atoms with E-state index >= 15 is 0 Å². The summed E-state index contributed by atoms with van der Waals surface area (Å²) in [5.41, 5.74) is 6.64. The van der Waals surface area contributed by atoms with E-state index < -0.39 is 0 Å². The molecule has 0 bridgehead atoms. The van der Waals surface area contributed by atoms with Gasteiger partial charge in [-0.15, -0.1) is 0 Å². The molecule has 0 unspecified atom stereocenters. The molecule has 0 fully saturated rings. The van der Waals surface area contributed by atoms with Crippen LogP contribution >= 0.6 is 22.9 Å². The van der Waals surface area contributed by atoms with E-state index in [0.717, 1.165) is 27.0 Å². The number of amides is 1. The van der Waals surface area contributed by atoms with Crippen molar-refractivity contribution in [3.63, 3.8) is 0 Å². The van der Waals surface area contributed by atoms with Crippen LogP contribution in [0.2, 0.25) is 5.02 Å². The van der Waals surface area contributed by atoms with E-state index in [9.17, 15) is 4.79 Å². The van der Waals surface area contributed by atoms with Gasteiger partial charge in [0, 0.05) is 16.3 Å². The molecule has 1 amide bonds. The molecule has 0 aliphatic rings. The summed E-state index contributed by atoms with van der Waals surface area (Å²) < 4.78 is 0.991. The predicted octanol–water partition coefficient (Wildman–Crippen LogP) is 4.10. The van der Waals surface area contributed by atoms with Crippen LogP contribution in [0.25, 0.3) is 10.2 Å². The third-order valence-electron chi connectivity index (χ3n) is 3.57. The highest BCUT2D eigenvalue weighted by molar-refractivity contribution is 7.22. The fourth-order valence-electron chi connectivity index (χ4n) is 2.45. The normalized spacial score (nSPS) is 10.8. The first-order valence-corrected chi connectivity index (χ1v) is 8.13. The van der Waals surface area contributed by atoms with Gasteiger partial charge in [-0.25, -0.2) is 10.8 Å². The quantitative estimate of drug-likeness (QED) is 0.492. The number of hydrogen-bond acceptors (Lipinski definition) is 5. The van der Waals surface area contributed by atoms with Crippen molar-refractivity contribution in [1.29, 1.82) is 0 Å². The second kappa shape index (κ2) is 6.16. The van der Waals surface area contributed by atoms with E-state index in [1.54, 1.807) is 24.3 Å². The Bertz CT molecular complexity index is 906. The number of benzene rings is 2. The largest absolute Gasteiger partial charge is 0.321 e. The lowest BCUT2D eigenvalue weighted by molar-refractivity contribution is 0.102. The highest BCUT2D eigenvalue weighted by Crippen LogP contribution is 2.35. The maximum absolute atomic E-state index is 12.5. The molecule has 0 aliphatic heterocycles.